The maximum atomic E-state index is 11.7. The van der Waals surface area contributed by atoms with E-state index in [9.17, 15) is 19.2 Å². The number of terminal acetylenes is 4. The van der Waals surface area contributed by atoms with Gasteiger partial charge in [0.1, 0.15) is 36.7 Å². The molecule has 75 heavy (non-hydrogen) atoms. The molecule has 0 spiro atoms. The summed E-state index contributed by atoms with van der Waals surface area (Å²) < 4.78 is 3.68. The van der Waals surface area contributed by atoms with E-state index in [1.54, 1.807) is 80.4 Å². The molecule has 0 saturated heterocycles. The van der Waals surface area contributed by atoms with Crippen molar-refractivity contribution in [1.82, 2.24) is 39.9 Å². The standard InChI is InChI=1S/C13H17BrN2O.2C10H6N2O.C8H5BrN2O.C5H4BrIN2.C5H10Si.C3H4.I2/c1-13(2,3)7-11(17)5-4-9-6-10(14)8-16-12(9)15;2*1-2-7-5-8-3-4-9(13)12-10(8)11-6-7;9-6-3-5-1-2-7(12)11-8(5)10-4-6;6-3-1-4(7)5(8)9-2-3;1-5-6(2,3)4;1-3-2;1-2/h4-6,8H,7H2,1-3H3,(H2,15,16);2*1,3-6H,(H,11,12,13);1-4H,(H,10,11,12);1-2H,(H2,8,9);1H,2-4H3;1H,2H3;/b5-4+;;;;;;;. The Labute approximate surface area is 499 Å². The average Bonchev–Trinajstić information content (AvgIpc) is 3.36. The van der Waals surface area contributed by atoms with Crippen LogP contribution < -0.4 is 28.1 Å². The van der Waals surface area contributed by atoms with Crippen LogP contribution >= 0.6 is 108 Å². The van der Waals surface area contributed by atoms with Crippen LogP contribution in [0.3, 0.4) is 0 Å². The molecule has 0 aliphatic carbocycles. The fourth-order valence-electron chi connectivity index (χ4n) is 5.03. The molecule has 14 nitrogen and oxygen atoms in total. The van der Waals surface area contributed by atoms with Gasteiger partial charge in [-0.15, -0.1) is 37.2 Å². The highest BCUT2D eigenvalue weighted by atomic mass is 128. The van der Waals surface area contributed by atoms with Gasteiger partial charge in [-0.3, -0.25) is 19.2 Å². The number of carbonyl (C=O) groups excluding carboxylic acids is 1. The number of carbonyl (C=O) groups is 1. The fourth-order valence-corrected chi connectivity index (χ4v) is 6.96. The monoisotopic (exact) mass is 1550 g/mol. The second-order valence-electron chi connectivity index (χ2n) is 17.0. The lowest BCUT2D eigenvalue weighted by atomic mass is 9.90. The van der Waals surface area contributed by atoms with E-state index in [0.717, 1.165) is 38.7 Å². The molecule has 388 valence electrons. The topological polar surface area (TPSA) is 232 Å². The minimum atomic E-state index is -1.10. The second-order valence-corrected chi connectivity index (χ2v) is 25.7. The predicted molar refractivity (Wildman–Crippen MR) is 349 cm³/mol. The zero-order valence-corrected chi connectivity index (χ0v) is 53.9. The minimum absolute atomic E-state index is 0.00247. The number of anilines is 2. The van der Waals surface area contributed by atoms with Crippen LogP contribution in [0.1, 0.15) is 50.8 Å². The van der Waals surface area contributed by atoms with Crippen LogP contribution in [0, 0.1) is 58.0 Å². The summed E-state index contributed by atoms with van der Waals surface area (Å²) in [5.74, 6) is 8.31. The molecule has 0 bridgehead atoms. The molecule has 8 aromatic rings. The molecule has 8 aromatic heterocycles. The Morgan fingerprint density at radius 2 is 1.00 bits per heavy atom. The van der Waals surface area contributed by atoms with Crippen molar-refractivity contribution in [3.63, 3.8) is 0 Å². The third kappa shape index (κ3) is 28.3. The Bertz CT molecular complexity index is 3470. The number of halogens is 6. The van der Waals surface area contributed by atoms with Crippen molar-refractivity contribution in [3.05, 3.63) is 169 Å². The molecule has 0 atom stereocenters. The van der Waals surface area contributed by atoms with Gasteiger partial charge < -0.3 is 26.4 Å². The number of hydrogen-bond donors (Lipinski definition) is 5. The normalized spacial score (nSPS) is 9.93. The number of nitrogen functional groups attached to an aromatic ring is 2. The summed E-state index contributed by atoms with van der Waals surface area (Å²) in [6.07, 6.45) is 32.0. The number of aromatic nitrogens is 8. The maximum absolute atomic E-state index is 11.7. The molecule has 8 heterocycles. The number of nitrogens with zero attached hydrogens (tertiary/aromatic N) is 5. The number of pyridine rings is 8. The van der Waals surface area contributed by atoms with Gasteiger partial charge in [-0.2, -0.15) is 0 Å². The molecular weight excluding hydrogens is 1500 g/mol. The number of allylic oxidation sites excluding steroid dienone is 1. The van der Waals surface area contributed by atoms with E-state index >= 15 is 0 Å². The van der Waals surface area contributed by atoms with Crippen molar-refractivity contribution >= 4 is 172 Å². The van der Waals surface area contributed by atoms with E-state index in [1.807, 2.05) is 39.0 Å². The van der Waals surface area contributed by atoms with Crippen molar-refractivity contribution < 1.29 is 4.79 Å². The van der Waals surface area contributed by atoms with Gasteiger partial charge in [0.25, 0.3) is 0 Å². The quantitative estimate of drug-likeness (QED) is 0.0483. The number of fused-ring (bicyclic) bond motifs is 3. The molecule has 0 saturated carbocycles. The third-order valence-corrected chi connectivity index (χ3v) is 11.4. The first-order valence-corrected chi connectivity index (χ1v) is 34.8. The first kappa shape index (κ1) is 67.5. The van der Waals surface area contributed by atoms with Crippen molar-refractivity contribution in [2.45, 2.75) is 53.8 Å². The van der Waals surface area contributed by atoms with Gasteiger partial charge in [-0.1, -0.05) is 52.3 Å². The Morgan fingerprint density at radius 3 is 1.37 bits per heavy atom. The summed E-state index contributed by atoms with van der Waals surface area (Å²) in [5, 5.41) is 2.61. The lowest BCUT2D eigenvalue weighted by molar-refractivity contribution is -0.116. The SMILES string of the molecule is C#CC.C#C[Si](C)(C)C.C#Cc1cnc2[nH]c(=O)ccc2c1.C#Cc1cnc2[nH]c(=O)ccc2c1.CC(C)(C)CC(=O)/C=C/c1cc(Br)cnc1N.II.Nc1ncc(Br)cc1I.O=c1ccc2cc(Br)cnc2[nH]1. The van der Waals surface area contributed by atoms with E-state index < -0.39 is 8.07 Å². The van der Waals surface area contributed by atoms with Gasteiger partial charge in [-0.05, 0) is 143 Å². The Hall–Kier alpha value is -5.52. The zero-order valence-electron chi connectivity index (χ0n) is 41.7. The van der Waals surface area contributed by atoms with Crippen LogP contribution in [-0.2, 0) is 4.79 Å². The van der Waals surface area contributed by atoms with E-state index in [0.29, 0.717) is 46.1 Å². The van der Waals surface area contributed by atoms with E-state index in [1.165, 1.54) is 18.2 Å². The molecule has 0 aromatic carbocycles. The summed E-state index contributed by atoms with van der Waals surface area (Å²) in [6.45, 7) is 14.2. The summed E-state index contributed by atoms with van der Waals surface area (Å²) in [4.78, 5) is 72.1. The van der Waals surface area contributed by atoms with E-state index in [4.69, 9.17) is 30.7 Å². The van der Waals surface area contributed by atoms with Crippen LogP contribution in [0.2, 0.25) is 19.6 Å². The predicted octanol–water partition coefficient (Wildman–Crippen LogP) is 12.9. The first-order chi connectivity index (χ1) is 35.3. The largest absolute Gasteiger partial charge is 0.383 e. The highest BCUT2D eigenvalue weighted by Crippen LogP contribution is 2.21. The average molecular weight is 1550 g/mol. The molecule has 0 amide bonds. The summed E-state index contributed by atoms with van der Waals surface area (Å²) in [7, 11) is -1.10. The van der Waals surface area contributed by atoms with Gasteiger partial charge in [0.05, 0.1) is 3.57 Å². The number of nitrogens with two attached hydrogens (primary N) is 2. The van der Waals surface area contributed by atoms with Crippen LogP contribution in [0.5, 0.6) is 0 Å². The Balaban J connectivity index is 0.000000451. The number of ketones is 1. The van der Waals surface area contributed by atoms with Crippen LogP contribution in [0.25, 0.3) is 39.2 Å². The lowest BCUT2D eigenvalue weighted by Crippen LogP contribution is -2.15. The smallest absolute Gasteiger partial charge is 0.249 e. The van der Waals surface area contributed by atoms with Crippen molar-refractivity contribution in [2.75, 3.05) is 11.5 Å². The molecule has 21 heteroatoms. The van der Waals surface area contributed by atoms with E-state index in [-0.39, 0.29) is 27.9 Å². The fraction of sp³-hybridized carbons (Fsp3) is 0.167. The molecule has 8 rings (SSSR count). The molecule has 7 N–H and O–H groups in total. The summed E-state index contributed by atoms with van der Waals surface area (Å²) in [5.41, 5.74) is 17.4. The van der Waals surface area contributed by atoms with Gasteiger partial charge in [0, 0.05) is 139 Å². The summed E-state index contributed by atoms with van der Waals surface area (Å²) in [6, 6.07) is 18.8. The van der Waals surface area contributed by atoms with Gasteiger partial charge in [0.2, 0.25) is 16.7 Å². The molecule has 0 aliphatic heterocycles. The minimum Gasteiger partial charge on any atom is -0.383 e. The maximum Gasteiger partial charge on any atom is 0.249 e. The van der Waals surface area contributed by atoms with Gasteiger partial charge in [-0.25, -0.2) is 24.9 Å². The Morgan fingerprint density at radius 1 is 0.640 bits per heavy atom. The molecule has 0 unspecified atom stereocenters. The first-order valence-electron chi connectivity index (χ1n) is 21.5. The number of aromatic amines is 3. The number of hydrogen-bond acceptors (Lipinski definition) is 11. The Kier molecular flexibility index (Phi) is 31.4. The lowest BCUT2D eigenvalue weighted by Gasteiger charge is -2.15. The highest BCUT2D eigenvalue weighted by molar-refractivity contribution is 15.0. The van der Waals surface area contributed by atoms with Crippen LogP contribution in [-0.4, -0.2) is 53.7 Å². The van der Waals surface area contributed by atoms with Crippen LogP contribution in [0.4, 0.5) is 11.6 Å². The molecular formula is C54H52Br3I3N10O4Si. The van der Waals surface area contributed by atoms with Crippen molar-refractivity contribution in [3.8, 4) is 49.0 Å². The van der Waals surface area contributed by atoms with Crippen molar-refractivity contribution in [2.24, 2.45) is 5.41 Å². The van der Waals surface area contributed by atoms with E-state index in [2.05, 4.69) is 197 Å². The molecule has 0 radical (unpaired) electrons. The molecule has 0 aliphatic rings. The highest BCUT2D eigenvalue weighted by Gasteiger charge is 2.14. The van der Waals surface area contributed by atoms with Gasteiger partial charge in [0.15, 0.2) is 5.78 Å². The zero-order chi connectivity index (χ0) is 56.9. The van der Waals surface area contributed by atoms with Crippen molar-refractivity contribution in [1.29, 1.82) is 0 Å². The second kappa shape index (κ2) is 34.9. The van der Waals surface area contributed by atoms with Gasteiger partial charge >= 0.3 is 0 Å². The number of H-pyrrole nitrogens is 3. The number of rotatable bonds is 3. The van der Waals surface area contributed by atoms with Crippen LogP contribution in [0.15, 0.2) is 132 Å². The molecule has 0 fully saturated rings. The third-order valence-electron chi connectivity index (χ3n) is 8.36. The number of nitrogens with one attached hydrogen (secondary N) is 3. The summed E-state index contributed by atoms with van der Waals surface area (Å²) >= 11 is 16.3.